The average molecular weight is 342 g/mol. The molecule has 0 spiro atoms. The highest BCUT2D eigenvalue weighted by atomic mass is 35.5. The predicted molar refractivity (Wildman–Crippen MR) is 87.7 cm³/mol. The Balaban J connectivity index is 0.000000515. The molecule has 124 valence electrons. The van der Waals surface area contributed by atoms with Crippen molar-refractivity contribution in [2.45, 2.75) is 6.92 Å². The van der Waals surface area contributed by atoms with Gasteiger partial charge in [-0.15, -0.1) is 0 Å². The van der Waals surface area contributed by atoms with Crippen LogP contribution in [0.1, 0.15) is 5.56 Å². The zero-order valence-electron chi connectivity index (χ0n) is 12.1. The van der Waals surface area contributed by atoms with Gasteiger partial charge in [-0.25, -0.2) is 14.6 Å². The molecule has 0 aromatic heterocycles. The Morgan fingerprint density at radius 3 is 2.09 bits per heavy atom. The molecule has 0 saturated carbocycles. The minimum absolute atomic E-state index is 0.000340. The van der Waals surface area contributed by atoms with Gasteiger partial charge in [0.15, 0.2) is 5.96 Å². The Morgan fingerprint density at radius 1 is 1.13 bits per heavy atom. The van der Waals surface area contributed by atoms with Crippen LogP contribution in [0, 0.1) is 6.92 Å². The molecule has 0 fully saturated rings. The Labute approximate surface area is 136 Å². The van der Waals surface area contributed by atoms with Gasteiger partial charge in [0, 0.05) is 17.2 Å². The minimum atomic E-state index is -1.26. The first kappa shape index (κ1) is 19.9. The van der Waals surface area contributed by atoms with E-state index in [1.807, 2.05) is 13.0 Å². The summed E-state index contributed by atoms with van der Waals surface area (Å²) in [6.45, 7) is 1.89. The van der Waals surface area contributed by atoms with Gasteiger partial charge in [0.05, 0.1) is 5.69 Å². The number of guanidine groups is 2. The average Bonchev–Trinajstić information content (AvgIpc) is 2.40. The van der Waals surface area contributed by atoms with Crippen LogP contribution in [-0.2, 0) is 9.59 Å². The molecule has 0 bridgehead atoms. The third-order valence-electron chi connectivity index (χ3n) is 2.02. The number of carboxylic acid groups (broad SMARTS) is 2. The lowest BCUT2D eigenvalue weighted by atomic mass is 10.2. The summed E-state index contributed by atoms with van der Waals surface area (Å²) in [5, 5.41) is 16.2. The van der Waals surface area contributed by atoms with E-state index in [1.165, 1.54) is 0 Å². The monoisotopic (exact) mass is 341 g/mol. The second-order valence-corrected chi connectivity index (χ2v) is 4.38. The van der Waals surface area contributed by atoms with E-state index in [0.29, 0.717) is 22.9 Å². The highest BCUT2D eigenvalue weighted by molar-refractivity contribution is 6.30. The van der Waals surface area contributed by atoms with Crippen molar-refractivity contribution >= 4 is 41.1 Å². The Kier molecular flexibility index (Phi) is 8.48. The SMILES string of the molecule is Cc1ccc(Cl)cc1N=C(N)N=C(N)N.O=C(O)/C=C/C(=O)O. The topological polar surface area (TPSA) is 177 Å². The standard InChI is InChI=1S/C9H12ClN5.C4H4O4/c1-5-2-3-6(10)4-7(5)14-9(13)15-8(11)12;5-3(6)1-2-4(7)8/h2-4H,1H3,(H6,11,12,13,14,15);1-2H,(H,5,6)(H,7,8)/b;2-1+. The number of hydrogen-bond donors (Lipinski definition) is 5. The lowest BCUT2D eigenvalue weighted by Crippen LogP contribution is -2.26. The van der Waals surface area contributed by atoms with Gasteiger partial charge in [-0.1, -0.05) is 17.7 Å². The maximum absolute atomic E-state index is 9.55. The number of carbonyl (C=O) groups is 2. The van der Waals surface area contributed by atoms with Crippen molar-refractivity contribution in [1.82, 2.24) is 0 Å². The van der Waals surface area contributed by atoms with Crippen molar-refractivity contribution in [3.05, 3.63) is 40.9 Å². The van der Waals surface area contributed by atoms with Gasteiger partial charge < -0.3 is 27.4 Å². The van der Waals surface area contributed by atoms with Crippen molar-refractivity contribution in [1.29, 1.82) is 0 Å². The van der Waals surface area contributed by atoms with Crippen molar-refractivity contribution in [3.63, 3.8) is 0 Å². The maximum Gasteiger partial charge on any atom is 0.328 e. The third-order valence-corrected chi connectivity index (χ3v) is 2.25. The van der Waals surface area contributed by atoms with Gasteiger partial charge in [0.2, 0.25) is 5.96 Å². The van der Waals surface area contributed by atoms with E-state index in [-0.39, 0.29) is 11.9 Å². The fourth-order valence-electron chi connectivity index (χ4n) is 1.13. The molecule has 1 rings (SSSR count). The van der Waals surface area contributed by atoms with Crippen LogP contribution in [0.3, 0.4) is 0 Å². The van der Waals surface area contributed by atoms with Gasteiger partial charge in [0.1, 0.15) is 0 Å². The zero-order chi connectivity index (χ0) is 18.0. The summed E-state index contributed by atoms with van der Waals surface area (Å²) in [5.41, 5.74) is 17.4. The van der Waals surface area contributed by atoms with Crippen molar-refractivity contribution < 1.29 is 19.8 Å². The molecule has 0 aliphatic carbocycles. The molecule has 0 saturated heterocycles. The normalized spacial score (nSPS) is 10.6. The maximum atomic E-state index is 9.55. The quantitative estimate of drug-likeness (QED) is 0.303. The summed E-state index contributed by atoms with van der Waals surface area (Å²) in [4.78, 5) is 26.7. The molecule has 10 heteroatoms. The van der Waals surface area contributed by atoms with E-state index in [4.69, 9.17) is 39.0 Å². The number of halogens is 1. The van der Waals surface area contributed by atoms with Gasteiger partial charge in [-0.2, -0.15) is 4.99 Å². The van der Waals surface area contributed by atoms with Crippen LogP contribution in [-0.4, -0.2) is 34.1 Å². The first-order valence-corrected chi connectivity index (χ1v) is 6.33. The molecular formula is C13H16ClN5O4. The van der Waals surface area contributed by atoms with Crippen LogP contribution in [0.4, 0.5) is 5.69 Å². The van der Waals surface area contributed by atoms with E-state index in [0.717, 1.165) is 5.56 Å². The zero-order valence-corrected chi connectivity index (χ0v) is 12.9. The Morgan fingerprint density at radius 2 is 1.65 bits per heavy atom. The number of nitrogens with zero attached hydrogens (tertiary/aromatic N) is 2. The van der Waals surface area contributed by atoms with Gasteiger partial charge in [-0.3, -0.25) is 0 Å². The van der Waals surface area contributed by atoms with Crippen LogP contribution in [0.25, 0.3) is 0 Å². The van der Waals surface area contributed by atoms with Gasteiger partial charge >= 0.3 is 11.9 Å². The highest BCUT2D eigenvalue weighted by Crippen LogP contribution is 2.22. The molecule has 23 heavy (non-hydrogen) atoms. The number of nitrogens with two attached hydrogens (primary N) is 3. The number of aliphatic carboxylic acids is 2. The number of hydrogen-bond acceptors (Lipinski definition) is 3. The second-order valence-electron chi connectivity index (χ2n) is 3.95. The Bertz CT molecular complexity index is 650. The van der Waals surface area contributed by atoms with Crippen molar-refractivity contribution in [3.8, 4) is 0 Å². The molecule has 1 aromatic carbocycles. The van der Waals surface area contributed by atoms with Crippen molar-refractivity contribution in [2.75, 3.05) is 0 Å². The second kappa shape index (κ2) is 9.79. The molecule has 0 aliphatic rings. The van der Waals surface area contributed by atoms with Crippen LogP contribution < -0.4 is 17.2 Å². The number of aliphatic imine (C=N–C) groups is 2. The predicted octanol–water partition coefficient (Wildman–Crippen LogP) is 0.580. The van der Waals surface area contributed by atoms with E-state index >= 15 is 0 Å². The molecule has 0 aliphatic heterocycles. The fourth-order valence-corrected chi connectivity index (χ4v) is 1.29. The molecule has 0 amide bonds. The van der Waals surface area contributed by atoms with Crippen molar-refractivity contribution in [2.24, 2.45) is 27.2 Å². The minimum Gasteiger partial charge on any atom is -0.478 e. The van der Waals surface area contributed by atoms with Gasteiger partial charge in [-0.05, 0) is 24.6 Å². The lowest BCUT2D eigenvalue weighted by Gasteiger charge is -2.01. The molecule has 0 heterocycles. The summed E-state index contributed by atoms with van der Waals surface area (Å²) in [5.74, 6) is -2.64. The van der Waals surface area contributed by atoms with Crippen LogP contribution in [0.5, 0.6) is 0 Å². The molecule has 0 atom stereocenters. The highest BCUT2D eigenvalue weighted by Gasteiger charge is 1.98. The van der Waals surface area contributed by atoms with E-state index in [1.54, 1.807) is 12.1 Å². The molecule has 9 nitrogen and oxygen atoms in total. The van der Waals surface area contributed by atoms with Crippen LogP contribution in [0.15, 0.2) is 40.3 Å². The molecule has 0 radical (unpaired) electrons. The first-order valence-electron chi connectivity index (χ1n) is 5.95. The van der Waals surface area contributed by atoms with E-state index in [2.05, 4.69) is 9.98 Å². The fraction of sp³-hybridized carbons (Fsp3) is 0.0769. The summed E-state index contributed by atoms with van der Waals surface area (Å²) in [6.07, 6.45) is 1.12. The lowest BCUT2D eigenvalue weighted by molar-refractivity contribution is -0.134. The van der Waals surface area contributed by atoms with E-state index in [9.17, 15) is 9.59 Å². The summed E-state index contributed by atoms with van der Waals surface area (Å²) in [7, 11) is 0. The first-order chi connectivity index (χ1) is 10.6. The third kappa shape index (κ3) is 10.3. The smallest absolute Gasteiger partial charge is 0.328 e. The molecule has 8 N–H and O–H groups in total. The number of aryl methyl sites for hydroxylation is 1. The van der Waals surface area contributed by atoms with Crippen LogP contribution >= 0.6 is 11.6 Å². The number of benzene rings is 1. The number of carboxylic acids is 2. The molecular weight excluding hydrogens is 326 g/mol. The number of rotatable bonds is 3. The summed E-state index contributed by atoms with van der Waals surface area (Å²) < 4.78 is 0. The van der Waals surface area contributed by atoms with Gasteiger partial charge in [0.25, 0.3) is 0 Å². The summed E-state index contributed by atoms with van der Waals surface area (Å²) in [6, 6.07) is 5.29. The Hall–Kier alpha value is -3.07. The summed E-state index contributed by atoms with van der Waals surface area (Å²) >= 11 is 5.81. The largest absolute Gasteiger partial charge is 0.478 e. The van der Waals surface area contributed by atoms with E-state index < -0.39 is 11.9 Å². The molecule has 0 unspecified atom stereocenters. The molecule has 1 aromatic rings. The van der Waals surface area contributed by atoms with Crippen LogP contribution in [0.2, 0.25) is 5.02 Å².